The highest BCUT2D eigenvalue weighted by Gasteiger charge is 2.18. The van der Waals surface area contributed by atoms with Gasteiger partial charge in [0.15, 0.2) is 10.0 Å². The summed E-state index contributed by atoms with van der Waals surface area (Å²) in [6, 6.07) is 5.88. The number of hydrogen-bond acceptors (Lipinski definition) is 6. The molecule has 0 aliphatic carbocycles. The number of thiocarbonyl (C=S) groups is 1. The normalized spacial score (nSPS) is 16.1. The highest BCUT2D eigenvalue weighted by atomic mass is 79.9. The molecule has 9 heteroatoms. The molecule has 1 fully saturated rings. The summed E-state index contributed by atoms with van der Waals surface area (Å²) >= 11 is 9.91. The molecular formula is C16H19BrN4O2S2. The van der Waals surface area contributed by atoms with Crippen molar-refractivity contribution in [1.82, 2.24) is 9.47 Å². The minimum absolute atomic E-state index is 0.119. The molecule has 1 aromatic heterocycles. The van der Waals surface area contributed by atoms with Gasteiger partial charge in [-0.05, 0) is 36.7 Å². The quantitative estimate of drug-likeness (QED) is 0.568. The number of aromatic hydroxyl groups is 1. The van der Waals surface area contributed by atoms with E-state index >= 15 is 0 Å². The largest absolute Gasteiger partial charge is 0.493 e. The van der Waals surface area contributed by atoms with E-state index in [0.717, 1.165) is 48.2 Å². The van der Waals surface area contributed by atoms with Gasteiger partial charge in [-0.1, -0.05) is 27.7 Å². The van der Waals surface area contributed by atoms with E-state index in [4.69, 9.17) is 17.0 Å². The van der Waals surface area contributed by atoms with Crippen molar-refractivity contribution in [3.8, 4) is 5.88 Å². The number of rotatable bonds is 4. The molecule has 1 N–H and O–H groups in total. The van der Waals surface area contributed by atoms with Gasteiger partial charge in [-0.2, -0.15) is 0 Å². The zero-order valence-electron chi connectivity index (χ0n) is 13.8. The lowest BCUT2D eigenvalue weighted by Crippen LogP contribution is -2.38. The van der Waals surface area contributed by atoms with Gasteiger partial charge < -0.3 is 14.4 Å². The van der Waals surface area contributed by atoms with Crippen LogP contribution in [-0.2, 0) is 11.3 Å². The topological polar surface area (TPSA) is 62.4 Å². The van der Waals surface area contributed by atoms with Crippen LogP contribution >= 0.6 is 39.9 Å². The number of halogens is 1. The second-order valence-electron chi connectivity index (χ2n) is 5.61. The van der Waals surface area contributed by atoms with Crippen molar-refractivity contribution >= 4 is 60.8 Å². The van der Waals surface area contributed by atoms with Gasteiger partial charge in [-0.25, -0.2) is 0 Å². The predicted molar refractivity (Wildman–Crippen MR) is 109 cm³/mol. The summed E-state index contributed by atoms with van der Waals surface area (Å²) in [7, 11) is 0. The Balaban J connectivity index is 1.92. The van der Waals surface area contributed by atoms with Crippen LogP contribution in [0.5, 0.6) is 5.88 Å². The number of benzene rings is 1. The highest BCUT2D eigenvalue weighted by Crippen LogP contribution is 2.40. The molecule has 0 atom stereocenters. The van der Waals surface area contributed by atoms with Gasteiger partial charge in [-0.3, -0.25) is 4.90 Å². The summed E-state index contributed by atoms with van der Waals surface area (Å²) in [5, 5.41) is 19.8. The first-order chi connectivity index (χ1) is 12.1. The van der Waals surface area contributed by atoms with Crippen molar-refractivity contribution in [1.29, 1.82) is 0 Å². The van der Waals surface area contributed by atoms with E-state index in [-0.39, 0.29) is 5.88 Å². The molecule has 3 rings (SSSR count). The lowest BCUT2D eigenvalue weighted by atomic mass is 10.2. The molecule has 6 nitrogen and oxygen atoms in total. The summed E-state index contributed by atoms with van der Waals surface area (Å²) in [5.41, 5.74) is 1.38. The van der Waals surface area contributed by atoms with E-state index in [1.54, 1.807) is 0 Å². The van der Waals surface area contributed by atoms with E-state index in [1.807, 2.05) is 29.0 Å². The van der Waals surface area contributed by atoms with Crippen LogP contribution in [0.3, 0.4) is 0 Å². The van der Waals surface area contributed by atoms with Gasteiger partial charge in [0, 0.05) is 36.0 Å². The predicted octanol–water partition coefficient (Wildman–Crippen LogP) is 4.17. The minimum Gasteiger partial charge on any atom is -0.493 e. The molecule has 134 valence electrons. The monoisotopic (exact) mass is 442 g/mol. The number of ether oxygens (including phenoxy) is 1. The van der Waals surface area contributed by atoms with Crippen molar-refractivity contribution in [2.24, 2.45) is 10.2 Å². The Morgan fingerprint density at radius 3 is 2.84 bits per heavy atom. The minimum atomic E-state index is 0.119. The van der Waals surface area contributed by atoms with E-state index in [9.17, 15) is 5.11 Å². The van der Waals surface area contributed by atoms with Gasteiger partial charge in [0.2, 0.25) is 5.88 Å². The van der Waals surface area contributed by atoms with E-state index in [1.165, 1.54) is 11.8 Å². The Kier molecular flexibility index (Phi) is 6.45. The fourth-order valence-corrected chi connectivity index (χ4v) is 3.34. The summed E-state index contributed by atoms with van der Waals surface area (Å²) in [6.07, 6.45) is 1.85. The SMILES string of the molecule is CSC(=S)N=Nc1c(O)n(CCN2CCOCC2)c2ccc(Br)cc12. The zero-order chi connectivity index (χ0) is 17.8. The Morgan fingerprint density at radius 1 is 1.36 bits per heavy atom. The van der Waals surface area contributed by atoms with Gasteiger partial charge in [0.1, 0.15) is 0 Å². The van der Waals surface area contributed by atoms with Crippen molar-refractivity contribution in [3.63, 3.8) is 0 Å². The number of hydrogen-bond donors (Lipinski definition) is 1. The molecule has 2 aromatic rings. The van der Waals surface area contributed by atoms with Crippen LogP contribution in [0.25, 0.3) is 10.9 Å². The molecule has 0 spiro atoms. The third-order valence-electron chi connectivity index (χ3n) is 4.12. The molecule has 1 aromatic carbocycles. The van der Waals surface area contributed by atoms with Gasteiger partial charge >= 0.3 is 0 Å². The van der Waals surface area contributed by atoms with Gasteiger partial charge in [0.05, 0.1) is 18.7 Å². The highest BCUT2D eigenvalue weighted by molar-refractivity contribution is 9.10. The number of aromatic nitrogens is 1. The Bertz CT molecular complexity index is 803. The lowest BCUT2D eigenvalue weighted by Gasteiger charge is -2.26. The maximum Gasteiger partial charge on any atom is 0.220 e. The molecule has 0 unspecified atom stereocenters. The molecule has 0 radical (unpaired) electrons. The maximum atomic E-state index is 10.7. The smallest absolute Gasteiger partial charge is 0.220 e. The molecule has 1 saturated heterocycles. The molecule has 0 bridgehead atoms. The van der Waals surface area contributed by atoms with Crippen LogP contribution in [0.15, 0.2) is 32.9 Å². The lowest BCUT2D eigenvalue weighted by molar-refractivity contribution is 0.0363. The van der Waals surface area contributed by atoms with Crippen LogP contribution in [0, 0.1) is 0 Å². The first-order valence-electron chi connectivity index (χ1n) is 7.90. The molecular weight excluding hydrogens is 424 g/mol. The Labute approximate surface area is 164 Å². The number of fused-ring (bicyclic) bond motifs is 1. The molecule has 0 saturated carbocycles. The first kappa shape index (κ1) is 18.8. The third kappa shape index (κ3) is 4.40. The third-order valence-corrected chi connectivity index (χ3v) is 5.63. The maximum absolute atomic E-state index is 10.7. The summed E-state index contributed by atoms with van der Waals surface area (Å²) < 4.78 is 8.63. The summed E-state index contributed by atoms with van der Waals surface area (Å²) in [6.45, 7) is 4.87. The average Bonchev–Trinajstić information content (AvgIpc) is 2.89. The summed E-state index contributed by atoms with van der Waals surface area (Å²) in [5.74, 6) is 0.119. The second-order valence-corrected chi connectivity index (χ2v) is 7.97. The summed E-state index contributed by atoms with van der Waals surface area (Å²) in [4.78, 5) is 2.33. The van der Waals surface area contributed by atoms with Crippen LogP contribution in [0.2, 0.25) is 0 Å². The standard InChI is InChI=1S/C16H19BrN4O2S2/c1-25-16(24)19-18-14-12-10-11(17)2-3-13(12)21(15(14)22)5-4-20-6-8-23-9-7-20/h2-3,10,22H,4-9H2,1H3. The number of azo groups is 1. The Hall–Kier alpha value is -1.00. The van der Waals surface area contributed by atoms with Crippen molar-refractivity contribution in [2.45, 2.75) is 6.54 Å². The zero-order valence-corrected chi connectivity index (χ0v) is 17.0. The van der Waals surface area contributed by atoms with Crippen molar-refractivity contribution in [3.05, 3.63) is 22.7 Å². The number of morpholine rings is 1. The number of nitrogens with zero attached hydrogens (tertiary/aromatic N) is 4. The fourth-order valence-electron chi connectivity index (χ4n) is 2.82. The van der Waals surface area contributed by atoms with Gasteiger partial charge in [0.25, 0.3) is 0 Å². The molecule has 1 aliphatic rings. The molecule has 0 amide bonds. The average molecular weight is 443 g/mol. The van der Waals surface area contributed by atoms with Crippen molar-refractivity contribution in [2.75, 3.05) is 39.1 Å². The first-order valence-corrected chi connectivity index (χ1v) is 10.3. The number of thioether (sulfide) groups is 1. The van der Waals surface area contributed by atoms with Crippen LogP contribution in [0.4, 0.5) is 5.69 Å². The van der Waals surface area contributed by atoms with E-state index in [2.05, 4.69) is 31.1 Å². The van der Waals surface area contributed by atoms with Gasteiger partial charge in [-0.15, -0.1) is 10.2 Å². The second kappa shape index (κ2) is 8.59. The van der Waals surface area contributed by atoms with E-state index < -0.39 is 0 Å². The molecule has 25 heavy (non-hydrogen) atoms. The van der Waals surface area contributed by atoms with Crippen LogP contribution in [0.1, 0.15) is 0 Å². The Morgan fingerprint density at radius 2 is 2.12 bits per heavy atom. The van der Waals surface area contributed by atoms with Crippen LogP contribution in [-0.4, -0.2) is 58.0 Å². The fraction of sp³-hybridized carbons (Fsp3) is 0.438. The molecule has 2 heterocycles. The van der Waals surface area contributed by atoms with Crippen molar-refractivity contribution < 1.29 is 9.84 Å². The van der Waals surface area contributed by atoms with E-state index in [0.29, 0.717) is 16.6 Å². The van der Waals surface area contributed by atoms with Crippen LogP contribution < -0.4 is 0 Å². The molecule has 1 aliphatic heterocycles.